The molecule has 278 valence electrons. The minimum absolute atomic E-state index is 0.519. The topological polar surface area (TPSA) is 15.7 Å². The molecule has 10 fully saturated rings. The van der Waals surface area contributed by atoms with Crippen LogP contribution in [0, 0.1) is 23.7 Å². The van der Waals surface area contributed by atoms with Crippen LogP contribution in [0.5, 0.6) is 0 Å². The molecule has 6 aliphatic carbocycles. The van der Waals surface area contributed by atoms with Crippen LogP contribution in [-0.2, 0) is 4.74 Å². The van der Waals surface area contributed by atoms with Gasteiger partial charge < -0.3 is 4.74 Å². The Balaban J connectivity index is 0.775. The molecule has 0 radical (unpaired) electrons. The molecule has 6 saturated carbocycles. The van der Waals surface area contributed by atoms with E-state index in [4.69, 9.17) is 4.74 Å². The highest BCUT2D eigenvalue weighted by Crippen LogP contribution is 2.60. The minimum Gasteiger partial charge on any atom is -0.372 e. The molecule has 52 heavy (non-hydrogen) atoms. The van der Waals surface area contributed by atoms with Crippen LogP contribution < -0.4 is 0 Å². The summed E-state index contributed by atoms with van der Waals surface area (Å²) >= 11 is 2.47. The number of morpholine rings is 1. The zero-order valence-corrected chi connectivity index (χ0v) is 32.5. The molecule has 10 aliphatic rings. The van der Waals surface area contributed by atoms with E-state index in [1.165, 1.54) is 140 Å². The first-order valence-electron chi connectivity index (χ1n) is 22.8. The highest BCUT2D eigenvalue weighted by molar-refractivity contribution is 8.00. The summed E-state index contributed by atoms with van der Waals surface area (Å²) < 4.78 is 6.95. The molecule has 12 rings (SSSR count). The molecule has 0 N–H and O–H groups in total. The van der Waals surface area contributed by atoms with Crippen molar-refractivity contribution in [1.29, 1.82) is 0 Å². The number of fused-ring (bicyclic) bond motifs is 10. The maximum Gasteiger partial charge on any atom is 0.0737 e. The van der Waals surface area contributed by atoms with Crippen LogP contribution in [0.4, 0.5) is 0 Å². The summed E-state index contributed by atoms with van der Waals surface area (Å²) in [5.41, 5.74) is 6.19. The maximum atomic E-state index is 6.95. The van der Waals surface area contributed by atoms with Crippen LogP contribution in [0.1, 0.15) is 151 Å². The number of nitrogens with zero attached hydrogens (tertiary/aromatic N) is 2. The molecule has 0 bridgehead atoms. The first kappa shape index (κ1) is 32.9. The van der Waals surface area contributed by atoms with Gasteiger partial charge in [0.05, 0.1) is 12.2 Å². The summed E-state index contributed by atoms with van der Waals surface area (Å²) in [6.45, 7) is 0. The summed E-state index contributed by atoms with van der Waals surface area (Å²) in [5.74, 6) is 5.09. The van der Waals surface area contributed by atoms with Gasteiger partial charge in [0.25, 0.3) is 0 Å². The number of hydrogen-bond donors (Lipinski definition) is 0. The number of thioether (sulfide) groups is 1. The second kappa shape index (κ2) is 13.1. The number of rotatable bonds is 3. The fourth-order valence-electron chi connectivity index (χ4n) is 16.0. The van der Waals surface area contributed by atoms with Gasteiger partial charge in [0.1, 0.15) is 0 Å². The molecule has 0 amide bonds. The highest BCUT2D eigenvalue weighted by Gasteiger charge is 2.61. The zero-order chi connectivity index (χ0) is 33.9. The Morgan fingerprint density at radius 1 is 0.462 bits per heavy atom. The lowest BCUT2D eigenvalue weighted by Gasteiger charge is -2.53. The Kier molecular flexibility index (Phi) is 8.30. The van der Waals surface area contributed by atoms with Crippen molar-refractivity contribution >= 4 is 11.8 Å². The van der Waals surface area contributed by atoms with E-state index < -0.39 is 0 Å². The van der Waals surface area contributed by atoms with Crippen LogP contribution in [0.3, 0.4) is 0 Å². The first-order valence-corrected chi connectivity index (χ1v) is 23.8. The second-order valence-electron chi connectivity index (χ2n) is 19.9. The van der Waals surface area contributed by atoms with Crippen molar-refractivity contribution in [1.82, 2.24) is 9.80 Å². The molecule has 0 spiro atoms. The van der Waals surface area contributed by atoms with Crippen molar-refractivity contribution in [2.45, 2.75) is 199 Å². The monoisotopic (exact) mass is 716 g/mol. The van der Waals surface area contributed by atoms with Crippen LogP contribution in [0.25, 0.3) is 11.1 Å². The van der Waals surface area contributed by atoms with Crippen LogP contribution in [-0.4, -0.2) is 68.8 Å². The molecule has 4 aliphatic heterocycles. The Labute approximate surface area is 318 Å². The largest absolute Gasteiger partial charge is 0.372 e. The highest BCUT2D eigenvalue weighted by atomic mass is 32.2. The Bertz CT molecular complexity index is 1520. The summed E-state index contributed by atoms with van der Waals surface area (Å²) in [6, 6.07) is 24.8. The third kappa shape index (κ3) is 5.14. The van der Waals surface area contributed by atoms with E-state index >= 15 is 0 Å². The van der Waals surface area contributed by atoms with Gasteiger partial charge in [-0.2, -0.15) is 11.8 Å². The van der Waals surface area contributed by atoms with E-state index in [0.717, 1.165) is 70.3 Å². The summed E-state index contributed by atoms with van der Waals surface area (Å²) in [7, 11) is 0. The quantitative estimate of drug-likeness (QED) is 0.314. The third-order valence-corrected chi connectivity index (χ3v) is 19.6. The molecule has 16 atom stereocenters. The summed E-state index contributed by atoms with van der Waals surface area (Å²) in [6.07, 6.45) is 29.6. The van der Waals surface area contributed by atoms with Gasteiger partial charge in [-0.05, 0) is 148 Å². The summed E-state index contributed by atoms with van der Waals surface area (Å²) in [4.78, 5) is 6.36. The van der Waals surface area contributed by atoms with Crippen molar-refractivity contribution in [2.75, 3.05) is 0 Å². The third-order valence-electron chi connectivity index (χ3n) is 17.8. The van der Waals surface area contributed by atoms with Crippen LogP contribution >= 0.6 is 11.8 Å². The molecule has 16 unspecified atom stereocenters. The molecule has 4 heteroatoms. The van der Waals surface area contributed by atoms with Gasteiger partial charge >= 0.3 is 0 Å². The van der Waals surface area contributed by atoms with E-state index in [1.807, 2.05) is 0 Å². The molecular weight excluding hydrogens is 653 g/mol. The van der Waals surface area contributed by atoms with Gasteiger partial charge in [-0.3, -0.25) is 9.80 Å². The van der Waals surface area contributed by atoms with E-state index in [2.05, 4.69) is 70.1 Å². The summed E-state index contributed by atoms with van der Waals surface area (Å²) in [5, 5.41) is 1.87. The lowest BCUT2D eigenvalue weighted by atomic mass is 9.68. The van der Waals surface area contributed by atoms with Gasteiger partial charge in [0.15, 0.2) is 0 Å². The molecule has 3 nitrogen and oxygen atoms in total. The fourth-order valence-corrected chi connectivity index (χ4v) is 18.0. The predicted octanol–water partition coefficient (Wildman–Crippen LogP) is 11.0. The zero-order valence-electron chi connectivity index (χ0n) is 31.7. The van der Waals surface area contributed by atoms with E-state index in [9.17, 15) is 0 Å². The van der Waals surface area contributed by atoms with Crippen molar-refractivity contribution in [3.8, 4) is 11.1 Å². The Morgan fingerprint density at radius 2 is 1.04 bits per heavy atom. The molecule has 4 saturated heterocycles. The van der Waals surface area contributed by atoms with Crippen molar-refractivity contribution in [2.24, 2.45) is 23.7 Å². The molecule has 2 aromatic rings. The SMILES string of the molecule is c1cc(-c2cccc(C3CCC4C(C3)C3CCCC5SC6CCCCC6N4C53)c2)cc(C2CCC3C(C2)C2CCCC4OC5CCCCC5N3C42)c1. The number of benzene rings is 2. The predicted molar refractivity (Wildman–Crippen MR) is 214 cm³/mol. The second-order valence-corrected chi connectivity index (χ2v) is 21.4. The van der Waals surface area contributed by atoms with Gasteiger partial charge in [-0.1, -0.05) is 87.1 Å². The Hall–Kier alpha value is -1.33. The minimum atomic E-state index is 0.519. The van der Waals surface area contributed by atoms with Gasteiger partial charge in [0, 0.05) is 46.8 Å². The number of ether oxygens (including phenoxy) is 1. The number of hydrogen-bond acceptors (Lipinski definition) is 4. The van der Waals surface area contributed by atoms with E-state index in [-0.39, 0.29) is 0 Å². The lowest BCUT2D eigenvalue weighted by molar-refractivity contribution is -0.177. The van der Waals surface area contributed by atoms with Crippen molar-refractivity contribution in [3.05, 3.63) is 59.7 Å². The van der Waals surface area contributed by atoms with E-state index in [0.29, 0.717) is 24.2 Å². The van der Waals surface area contributed by atoms with Crippen molar-refractivity contribution < 1.29 is 4.74 Å². The van der Waals surface area contributed by atoms with Crippen LogP contribution in [0.2, 0.25) is 0 Å². The first-order chi connectivity index (χ1) is 25.8. The Morgan fingerprint density at radius 3 is 1.77 bits per heavy atom. The normalized spacial score (nSPS) is 48.1. The average Bonchev–Trinajstić information content (AvgIpc) is 3.73. The maximum absolute atomic E-state index is 6.95. The molecule has 2 aromatic carbocycles. The molecule has 4 heterocycles. The van der Waals surface area contributed by atoms with Gasteiger partial charge in [-0.25, -0.2) is 0 Å². The molecular formula is C48H64N2OS. The lowest BCUT2D eigenvalue weighted by Crippen LogP contribution is -2.63. The average molecular weight is 717 g/mol. The molecule has 0 aromatic heterocycles. The standard InChI is InChI=1S/C48H64N2OS/c1-3-17-43-41(15-1)49-39-23-21-33(27-37(39)35-13-7-18-44(51-43)47(35)49)31-11-5-9-29(25-31)30-10-6-12-32(26-30)34-22-24-40-38(28-34)36-14-8-20-46-48(36)50(40)42-16-2-4-19-45(42)52-46/h5-6,9-12,25-26,33-48H,1-4,7-8,13-24,27-28H2. The smallest absolute Gasteiger partial charge is 0.0737 e. The fraction of sp³-hybridized carbons (Fsp3) is 0.750. The van der Waals surface area contributed by atoms with Crippen molar-refractivity contribution in [3.63, 3.8) is 0 Å². The van der Waals surface area contributed by atoms with E-state index in [1.54, 1.807) is 11.1 Å². The van der Waals surface area contributed by atoms with Crippen LogP contribution in [0.15, 0.2) is 48.5 Å². The van der Waals surface area contributed by atoms with Gasteiger partial charge in [0.2, 0.25) is 0 Å². The van der Waals surface area contributed by atoms with Gasteiger partial charge in [-0.15, -0.1) is 0 Å².